The third-order valence-electron chi connectivity index (χ3n) is 2.24. The van der Waals surface area contributed by atoms with Crippen molar-refractivity contribution in [3.63, 3.8) is 0 Å². The first kappa shape index (κ1) is 13.4. The van der Waals surface area contributed by atoms with Crippen LogP contribution in [0.25, 0.3) is 0 Å². The summed E-state index contributed by atoms with van der Waals surface area (Å²) in [6, 6.07) is 0. The van der Waals surface area contributed by atoms with Crippen LogP contribution in [0.5, 0.6) is 0 Å². The lowest BCUT2D eigenvalue weighted by Crippen LogP contribution is -2.02. The molecule has 0 fully saturated rings. The standard InChI is InChI=1S/C10H24O2P/c1-3-5-7-9-13(11,12)10-8-6-4-2/h11-12H,3-10H2,1-2H3/q+1. The highest BCUT2D eigenvalue weighted by Gasteiger charge is 2.30. The van der Waals surface area contributed by atoms with Gasteiger partial charge in [0, 0.05) is 0 Å². The average molecular weight is 207 g/mol. The van der Waals surface area contributed by atoms with Gasteiger partial charge in [-0.15, -0.1) is 0 Å². The minimum absolute atomic E-state index is 0.643. The quantitative estimate of drug-likeness (QED) is 0.474. The maximum Gasteiger partial charge on any atom is 0.267 e. The largest absolute Gasteiger partial charge is 0.267 e. The lowest BCUT2D eigenvalue weighted by Gasteiger charge is -2.11. The summed E-state index contributed by atoms with van der Waals surface area (Å²) in [4.78, 5) is 19.3. The van der Waals surface area contributed by atoms with Crippen molar-refractivity contribution in [3.8, 4) is 0 Å². The molecule has 0 aliphatic carbocycles. The molecule has 3 heteroatoms. The van der Waals surface area contributed by atoms with E-state index in [1.807, 2.05) is 0 Å². The maximum atomic E-state index is 9.63. The highest BCUT2D eigenvalue weighted by molar-refractivity contribution is 7.64. The second-order valence-electron chi connectivity index (χ2n) is 3.74. The summed E-state index contributed by atoms with van der Waals surface area (Å²) in [5.41, 5.74) is 0. The van der Waals surface area contributed by atoms with Crippen LogP contribution in [-0.2, 0) is 0 Å². The molecule has 0 spiro atoms. The molecule has 13 heavy (non-hydrogen) atoms. The Balaban J connectivity index is 3.42. The van der Waals surface area contributed by atoms with E-state index in [4.69, 9.17) is 0 Å². The fourth-order valence-electron chi connectivity index (χ4n) is 1.34. The molecule has 0 saturated carbocycles. The van der Waals surface area contributed by atoms with Crippen molar-refractivity contribution in [1.29, 1.82) is 0 Å². The molecule has 0 rings (SSSR count). The fraction of sp³-hybridized carbons (Fsp3) is 1.00. The number of hydrogen-bond donors (Lipinski definition) is 2. The normalized spacial score (nSPS) is 12.0. The summed E-state index contributed by atoms with van der Waals surface area (Å²) >= 11 is 0. The van der Waals surface area contributed by atoms with E-state index in [0.29, 0.717) is 12.3 Å². The van der Waals surface area contributed by atoms with Crippen LogP contribution < -0.4 is 0 Å². The van der Waals surface area contributed by atoms with Crippen molar-refractivity contribution in [1.82, 2.24) is 0 Å². The van der Waals surface area contributed by atoms with Crippen molar-refractivity contribution in [2.45, 2.75) is 52.4 Å². The second-order valence-corrected chi connectivity index (χ2v) is 6.39. The van der Waals surface area contributed by atoms with Gasteiger partial charge in [-0.1, -0.05) is 26.7 Å². The zero-order valence-electron chi connectivity index (χ0n) is 9.00. The molecule has 0 bridgehead atoms. The SMILES string of the molecule is CCCCC[P+](O)(O)CCCCC. The van der Waals surface area contributed by atoms with Crippen LogP contribution >= 0.6 is 7.72 Å². The van der Waals surface area contributed by atoms with E-state index in [0.717, 1.165) is 38.5 Å². The van der Waals surface area contributed by atoms with Crippen LogP contribution in [0, 0.1) is 0 Å². The molecule has 0 atom stereocenters. The van der Waals surface area contributed by atoms with Crippen molar-refractivity contribution >= 4 is 7.72 Å². The zero-order valence-corrected chi connectivity index (χ0v) is 9.89. The van der Waals surface area contributed by atoms with Crippen molar-refractivity contribution in [3.05, 3.63) is 0 Å². The second kappa shape index (κ2) is 7.73. The molecule has 0 unspecified atom stereocenters. The Morgan fingerprint density at radius 2 is 1.15 bits per heavy atom. The van der Waals surface area contributed by atoms with Crippen LogP contribution in [0.1, 0.15) is 52.4 Å². The third-order valence-corrected chi connectivity index (χ3v) is 4.30. The van der Waals surface area contributed by atoms with Gasteiger partial charge in [-0.05, 0) is 25.7 Å². The van der Waals surface area contributed by atoms with Gasteiger partial charge in [-0.25, -0.2) is 9.79 Å². The molecule has 2 N–H and O–H groups in total. The van der Waals surface area contributed by atoms with Gasteiger partial charge >= 0.3 is 0 Å². The van der Waals surface area contributed by atoms with Crippen LogP contribution in [-0.4, -0.2) is 22.1 Å². The Kier molecular flexibility index (Phi) is 7.93. The Labute approximate surface area is 82.9 Å². The molecule has 0 amide bonds. The summed E-state index contributed by atoms with van der Waals surface area (Å²) < 4.78 is 0. The summed E-state index contributed by atoms with van der Waals surface area (Å²) in [6.07, 6.45) is 7.78. The smallest absolute Gasteiger partial charge is 0.220 e. The van der Waals surface area contributed by atoms with E-state index in [-0.39, 0.29) is 0 Å². The predicted molar refractivity (Wildman–Crippen MR) is 60.1 cm³/mol. The average Bonchev–Trinajstić information content (AvgIpc) is 2.05. The first-order chi connectivity index (χ1) is 6.12. The Bertz CT molecular complexity index is 103. The number of hydrogen-bond acceptors (Lipinski definition) is 2. The van der Waals surface area contributed by atoms with Gasteiger partial charge in [0.2, 0.25) is 0 Å². The van der Waals surface area contributed by atoms with Gasteiger partial charge in [-0.3, -0.25) is 0 Å². The number of rotatable bonds is 8. The van der Waals surface area contributed by atoms with E-state index < -0.39 is 7.72 Å². The molecule has 0 radical (unpaired) electrons. The molecule has 0 aliphatic heterocycles. The van der Waals surface area contributed by atoms with Gasteiger partial charge < -0.3 is 0 Å². The molecule has 0 aromatic carbocycles. The van der Waals surface area contributed by atoms with Gasteiger partial charge in [0.1, 0.15) is 12.3 Å². The lowest BCUT2D eigenvalue weighted by molar-refractivity contribution is 0.442. The third kappa shape index (κ3) is 8.67. The van der Waals surface area contributed by atoms with Crippen molar-refractivity contribution < 1.29 is 9.79 Å². The molecular formula is C10H24O2P+. The summed E-state index contributed by atoms with van der Waals surface area (Å²) in [5, 5.41) is 0. The Morgan fingerprint density at radius 1 is 0.769 bits per heavy atom. The molecule has 0 saturated heterocycles. The fourth-order valence-corrected chi connectivity index (χ4v) is 3.03. The van der Waals surface area contributed by atoms with Crippen LogP contribution in [0.4, 0.5) is 0 Å². The van der Waals surface area contributed by atoms with E-state index in [9.17, 15) is 9.79 Å². The molecule has 0 aromatic rings. The maximum absolute atomic E-state index is 9.63. The molecule has 0 aliphatic rings. The topological polar surface area (TPSA) is 40.5 Å². The first-order valence-corrected chi connectivity index (χ1v) is 7.51. The van der Waals surface area contributed by atoms with E-state index in [1.165, 1.54) is 0 Å². The molecule has 80 valence electrons. The minimum Gasteiger partial charge on any atom is -0.220 e. The van der Waals surface area contributed by atoms with Crippen LogP contribution in [0.3, 0.4) is 0 Å². The molecule has 0 heterocycles. The number of unbranched alkanes of at least 4 members (excludes halogenated alkanes) is 4. The van der Waals surface area contributed by atoms with E-state index in [1.54, 1.807) is 0 Å². The van der Waals surface area contributed by atoms with Gasteiger partial charge in [0.15, 0.2) is 0 Å². The first-order valence-electron chi connectivity index (χ1n) is 5.45. The highest BCUT2D eigenvalue weighted by Crippen LogP contribution is 2.51. The summed E-state index contributed by atoms with van der Waals surface area (Å²) in [6.45, 7) is 4.26. The van der Waals surface area contributed by atoms with E-state index >= 15 is 0 Å². The van der Waals surface area contributed by atoms with Gasteiger partial charge in [-0.2, -0.15) is 0 Å². The van der Waals surface area contributed by atoms with E-state index in [2.05, 4.69) is 13.8 Å². The van der Waals surface area contributed by atoms with Crippen molar-refractivity contribution in [2.24, 2.45) is 0 Å². The Morgan fingerprint density at radius 3 is 1.46 bits per heavy atom. The summed E-state index contributed by atoms with van der Waals surface area (Å²) in [5.74, 6) is 0. The van der Waals surface area contributed by atoms with Gasteiger partial charge in [0.25, 0.3) is 7.72 Å². The molecule has 2 nitrogen and oxygen atoms in total. The predicted octanol–water partition coefficient (Wildman–Crippen LogP) is 3.20. The molecule has 0 aromatic heterocycles. The molecular weight excluding hydrogens is 183 g/mol. The monoisotopic (exact) mass is 207 g/mol. The minimum atomic E-state index is -2.50. The highest BCUT2D eigenvalue weighted by atomic mass is 31.2. The van der Waals surface area contributed by atoms with Crippen LogP contribution in [0.2, 0.25) is 0 Å². The zero-order chi connectivity index (χ0) is 10.2. The lowest BCUT2D eigenvalue weighted by atomic mass is 10.3. The Hall–Kier alpha value is 0.350. The van der Waals surface area contributed by atoms with Gasteiger partial charge in [0.05, 0.1) is 0 Å². The summed E-state index contributed by atoms with van der Waals surface area (Å²) in [7, 11) is -2.50. The van der Waals surface area contributed by atoms with Crippen LogP contribution in [0.15, 0.2) is 0 Å². The van der Waals surface area contributed by atoms with Crippen molar-refractivity contribution in [2.75, 3.05) is 12.3 Å².